The molecule has 24 heavy (non-hydrogen) atoms. The summed E-state index contributed by atoms with van der Waals surface area (Å²) in [6.07, 6.45) is 0.773. The zero-order chi connectivity index (χ0) is 17.4. The smallest absolute Gasteiger partial charge is 0.259 e. The number of rotatable bonds is 3. The van der Waals surface area contributed by atoms with E-state index in [4.69, 9.17) is 14.0 Å². The lowest BCUT2D eigenvalue weighted by Crippen LogP contribution is -2.39. The van der Waals surface area contributed by atoms with Crippen molar-refractivity contribution < 1.29 is 18.8 Å². The molecular weight excluding hydrogens is 308 g/mol. The molecule has 1 amide bonds. The van der Waals surface area contributed by atoms with E-state index >= 15 is 0 Å². The van der Waals surface area contributed by atoms with Gasteiger partial charge in [-0.3, -0.25) is 4.79 Å². The van der Waals surface area contributed by atoms with E-state index in [1.807, 2.05) is 24.0 Å². The first-order valence-electron chi connectivity index (χ1n) is 7.96. The van der Waals surface area contributed by atoms with Crippen molar-refractivity contribution in [1.82, 2.24) is 10.1 Å². The highest BCUT2D eigenvalue weighted by Gasteiger charge is 2.32. The minimum Gasteiger partial charge on any atom is -0.493 e. The topological polar surface area (TPSA) is 64.8 Å². The molecule has 1 aromatic heterocycles. The molecule has 2 aromatic rings. The molecule has 0 radical (unpaired) electrons. The molecule has 6 nitrogen and oxygen atoms in total. The summed E-state index contributed by atoms with van der Waals surface area (Å²) in [5.41, 5.74) is 3.45. The molecule has 2 heterocycles. The van der Waals surface area contributed by atoms with E-state index in [-0.39, 0.29) is 11.9 Å². The molecule has 1 aliphatic heterocycles. The van der Waals surface area contributed by atoms with Crippen LogP contribution >= 0.6 is 0 Å². The van der Waals surface area contributed by atoms with Crippen LogP contribution in [-0.4, -0.2) is 36.7 Å². The third-order valence-corrected chi connectivity index (χ3v) is 4.69. The van der Waals surface area contributed by atoms with Crippen molar-refractivity contribution in [2.24, 2.45) is 0 Å². The van der Waals surface area contributed by atoms with Crippen LogP contribution in [0.15, 0.2) is 16.7 Å². The Bertz CT molecular complexity index is 762. The first-order chi connectivity index (χ1) is 11.5. The van der Waals surface area contributed by atoms with Crippen LogP contribution in [0.25, 0.3) is 0 Å². The zero-order valence-corrected chi connectivity index (χ0v) is 14.7. The van der Waals surface area contributed by atoms with Gasteiger partial charge in [-0.1, -0.05) is 5.16 Å². The third-order valence-electron chi connectivity index (χ3n) is 4.69. The average molecular weight is 330 g/mol. The highest BCUT2D eigenvalue weighted by Crippen LogP contribution is 2.38. The van der Waals surface area contributed by atoms with Crippen molar-refractivity contribution in [3.8, 4) is 11.5 Å². The highest BCUT2D eigenvalue weighted by atomic mass is 16.5. The lowest BCUT2D eigenvalue weighted by atomic mass is 9.92. The molecule has 0 N–H and O–H groups in total. The normalized spacial score (nSPS) is 16.7. The second-order valence-electron chi connectivity index (χ2n) is 6.03. The number of ether oxygens (including phenoxy) is 2. The second kappa shape index (κ2) is 6.19. The van der Waals surface area contributed by atoms with Gasteiger partial charge in [-0.15, -0.1) is 0 Å². The van der Waals surface area contributed by atoms with Gasteiger partial charge in [0.2, 0.25) is 0 Å². The van der Waals surface area contributed by atoms with Gasteiger partial charge in [0.1, 0.15) is 11.3 Å². The molecular formula is C18H22N2O4. The minimum atomic E-state index is -0.0604. The van der Waals surface area contributed by atoms with E-state index in [0.29, 0.717) is 35.1 Å². The number of amides is 1. The van der Waals surface area contributed by atoms with Gasteiger partial charge in [0.15, 0.2) is 11.5 Å². The van der Waals surface area contributed by atoms with Crippen molar-refractivity contribution in [2.45, 2.75) is 33.2 Å². The molecule has 0 bridgehead atoms. The average Bonchev–Trinajstić information content (AvgIpc) is 2.92. The Morgan fingerprint density at radius 1 is 1.25 bits per heavy atom. The maximum atomic E-state index is 13.0. The number of carbonyl (C=O) groups excluding carboxylic acids is 1. The molecule has 1 unspecified atom stereocenters. The fraction of sp³-hybridized carbons (Fsp3) is 0.444. The van der Waals surface area contributed by atoms with E-state index in [0.717, 1.165) is 12.0 Å². The number of methoxy groups -OCH3 is 2. The van der Waals surface area contributed by atoms with Crippen LogP contribution in [-0.2, 0) is 6.42 Å². The largest absolute Gasteiger partial charge is 0.493 e. The monoisotopic (exact) mass is 330 g/mol. The van der Waals surface area contributed by atoms with Crippen LogP contribution < -0.4 is 9.47 Å². The minimum absolute atomic E-state index is 0.0424. The van der Waals surface area contributed by atoms with Crippen LogP contribution in [0, 0.1) is 13.8 Å². The Labute approximate surface area is 141 Å². The van der Waals surface area contributed by atoms with Gasteiger partial charge in [-0.25, -0.2) is 0 Å². The number of aryl methyl sites for hydroxylation is 2. The molecule has 6 heteroatoms. The maximum absolute atomic E-state index is 13.0. The summed E-state index contributed by atoms with van der Waals surface area (Å²) >= 11 is 0. The van der Waals surface area contributed by atoms with Crippen molar-refractivity contribution in [2.75, 3.05) is 20.8 Å². The van der Waals surface area contributed by atoms with Gasteiger partial charge < -0.3 is 18.9 Å². The van der Waals surface area contributed by atoms with Crippen LogP contribution in [0.1, 0.15) is 45.9 Å². The number of fused-ring (bicyclic) bond motifs is 1. The van der Waals surface area contributed by atoms with E-state index in [2.05, 4.69) is 5.16 Å². The molecule has 0 saturated heterocycles. The lowest BCUT2D eigenvalue weighted by molar-refractivity contribution is 0.0675. The van der Waals surface area contributed by atoms with Gasteiger partial charge in [-0.05, 0) is 50.5 Å². The number of hydrogen-bond donors (Lipinski definition) is 0. The van der Waals surface area contributed by atoms with Crippen LogP contribution in [0.4, 0.5) is 0 Å². The number of nitrogens with zero attached hydrogens (tertiary/aromatic N) is 2. The molecule has 0 saturated carbocycles. The summed E-state index contributed by atoms with van der Waals surface area (Å²) in [7, 11) is 3.24. The highest BCUT2D eigenvalue weighted by molar-refractivity contribution is 5.96. The quantitative estimate of drug-likeness (QED) is 0.865. The predicted octanol–water partition coefficient (Wildman–Crippen LogP) is 3.07. The summed E-state index contributed by atoms with van der Waals surface area (Å²) in [5, 5.41) is 3.89. The van der Waals surface area contributed by atoms with Crippen molar-refractivity contribution in [3.63, 3.8) is 0 Å². The maximum Gasteiger partial charge on any atom is 0.259 e. The zero-order valence-electron chi connectivity index (χ0n) is 14.7. The standard InChI is InChI=1S/C18H22N2O4/c1-10-17(12(3)24-19-10)18(21)20-7-6-13-8-15(22-4)16(23-5)9-14(13)11(20)2/h8-9,11H,6-7H2,1-5H3. The van der Waals surface area contributed by atoms with Crippen LogP contribution in [0.5, 0.6) is 11.5 Å². The van der Waals surface area contributed by atoms with Gasteiger partial charge in [0.25, 0.3) is 5.91 Å². The van der Waals surface area contributed by atoms with E-state index in [1.165, 1.54) is 5.56 Å². The fourth-order valence-corrected chi connectivity index (χ4v) is 3.35. The lowest BCUT2D eigenvalue weighted by Gasteiger charge is -2.35. The summed E-state index contributed by atoms with van der Waals surface area (Å²) in [6, 6.07) is 3.91. The fourth-order valence-electron chi connectivity index (χ4n) is 3.35. The Morgan fingerprint density at radius 2 is 1.92 bits per heavy atom. The number of aromatic nitrogens is 1. The second-order valence-corrected chi connectivity index (χ2v) is 6.03. The van der Waals surface area contributed by atoms with E-state index in [9.17, 15) is 4.79 Å². The summed E-state index contributed by atoms with van der Waals surface area (Å²) in [4.78, 5) is 14.8. The van der Waals surface area contributed by atoms with Gasteiger partial charge in [-0.2, -0.15) is 0 Å². The number of hydrogen-bond acceptors (Lipinski definition) is 5. The molecule has 1 atom stereocenters. The Balaban J connectivity index is 1.97. The Morgan fingerprint density at radius 3 is 2.50 bits per heavy atom. The molecule has 0 aliphatic carbocycles. The van der Waals surface area contributed by atoms with Crippen LogP contribution in [0.3, 0.4) is 0 Å². The summed E-state index contributed by atoms with van der Waals surface area (Å²) in [6.45, 7) is 6.23. The molecule has 3 rings (SSSR count). The summed E-state index contributed by atoms with van der Waals surface area (Å²) < 4.78 is 15.9. The number of carbonyl (C=O) groups is 1. The number of benzene rings is 1. The van der Waals surface area contributed by atoms with Crippen molar-refractivity contribution in [3.05, 3.63) is 40.3 Å². The molecule has 1 aromatic carbocycles. The van der Waals surface area contributed by atoms with Crippen molar-refractivity contribution >= 4 is 5.91 Å². The molecule has 0 spiro atoms. The molecule has 0 fully saturated rings. The van der Waals surface area contributed by atoms with Crippen molar-refractivity contribution in [1.29, 1.82) is 0 Å². The van der Waals surface area contributed by atoms with E-state index in [1.54, 1.807) is 28.1 Å². The summed E-state index contributed by atoms with van der Waals surface area (Å²) in [5.74, 6) is 1.91. The van der Waals surface area contributed by atoms with Gasteiger partial charge in [0.05, 0.1) is 26.0 Å². The SMILES string of the molecule is COc1cc2c(cc1OC)C(C)N(C(=O)c1c(C)noc1C)CC2. The first-order valence-corrected chi connectivity index (χ1v) is 7.96. The molecule has 1 aliphatic rings. The third kappa shape index (κ3) is 2.52. The predicted molar refractivity (Wildman–Crippen MR) is 88.7 cm³/mol. The Kier molecular flexibility index (Phi) is 4.22. The van der Waals surface area contributed by atoms with E-state index < -0.39 is 0 Å². The molecule has 128 valence electrons. The van der Waals surface area contributed by atoms with Gasteiger partial charge in [0, 0.05) is 6.54 Å². The van der Waals surface area contributed by atoms with Crippen LogP contribution in [0.2, 0.25) is 0 Å². The van der Waals surface area contributed by atoms with Gasteiger partial charge >= 0.3 is 0 Å². The first kappa shape index (κ1) is 16.4. The Hall–Kier alpha value is -2.50.